The minimum absolute atomic E-state index is 0.0440. The highest BCUT2D eigenvalue weighted by Crippen LogP contribution is 2.37. The lowest BCUT2D eigenvalue weighted by Crippen LogP contribution is -2.34. The number of fused-ring (bicyclic) bond motifs is 2. The molecule has 5 rings (SSSR count). The van der Waals surface area contributed by atoms with Crippen molar-refractivity contribution in [1.29, 1.82) is 0 Å². The van der Waals surface area contributed by atoms with E-state index in [2.05, 4.69) is 31.5 Å². The number of hydrogen-bond donors (Lipinski definition) is 3. The van der Waals surface area contributed by atoms with Crippen molar-refractivity contribution in [2.24, 2.45) is 0 Å². The lowest BCUT2D eigenvalue weighted by atomic mass is 10.1. The summed E-state index contributed by atoms with van der Waals surface area (Å²) in [6, 6.07) is 20.0. The van der Waals surface area contributed by atoms with E-state index in [1.165, 1.54) is 13.2 Å². The average molecular weight is 562 g/mol. The average Bonchev–Trinajstić information content (AvgIpc) is 3.26. The van der Waals surface area contributed by atoms with Crippen LogP contribution in [-0.2, 0) is 0 Å². The van der Waals surface area contributed by atoms with E-state index < -0.39 is 5.91 Å². The van der Waals surface area contributed by atoms with Gasteiger partial charge in [-0.3, -0.25) is 10.1 Å². The number of nitrogens with zero attached hydrogens (tertiary/aromatic N) is 1. The first-order valence-electron chi connectivity index (χ1n) is 10.9. The quantitative estimate of drug-likeness (QED) is 0.214. The van der Waals surface area contributed by atoms with Gasteiger partial charge in [-0.15, -0.1) is 0 Å². The Balaban J connectivity index is 1.34. The molecule has 7 nitrogen and oxygen atoms in total. The van der Waals surface area contributed by atoms with E-state index in [0.717, 1.165) is 16.3 Å². The summed E-state index contributed by atoms with van der Waals surface area (Å²) < 4.78 is 12.0. The molecular weight excluding hydrogens is 542 g/mol. The number of ether oxygens (including phenoxy) is 1. The Kier molecular flexibility index (Phi) is 6.34. The first-order valence-corrected chi connectivity index (χ1v) is 12.1. The first-order chi connectivity index (χ1) is 17.3. The lowest BCUT2D eigenvalue weighted by molar-refractivity contribution is 0.0975. The maximum Gasteiger partial charge on any atom is 0.261 e. The van der Waals surface area contributed by atoms with Gasteiger partial charge in [0, 0.05) is 11.8 Å². The van der Waals surface area contributed by atoms with Gasteiger partial charge in [-0.25, -0.2) is 4.98 Å². The molecule has 4 aromatic carbocycles. The monoisotopic (exact) mass is 561 g/mol. The molecule has 0 radical (unpaired) electrons. The number of benzene rings is 4. The molecule has 0 unspecified atom stereocenters. The number of phenolic OH excluding ortho intramolecular Hbond substituents is 1. The number of aromatic nitrogens is 1. The number of halogens is 1. The maximum atomic E-state index is 13.0. The number of aromatic hydroxyl groups is 1. The minimum atomic E-state index is -0.432. The molecule has 3 N–H and O–H groups in total. The Hall–Kier alpha value is -3.95. The third-order valence-corrected chi connectivity index (χ3v) is 6.64. The summed E-state index contributed by atoms with van der Waals surface area (Å²) in [6.07, 6.45) is 0. The van der Waals surface area contributed by atoms with Gasteiger partial charge in [-0.1, -0.05) is 30.3 Å². The Morgan fingerprint density at radius 2 is 1.92 bits per heavy atom. The smallest absolute Gasteiger partial charge is 0.261 e. The number of hydrogen-bond acceptors (Lipinski definition) is 6. The molecule has 36 heavy (non-hydrogen) atoms. The van der Waals surface area contributed by atoms with Crippen molar-refractivity contribution < 1.29 is 19.1 Å². The molecule has 0 fully saturated rings. The summed E-state index contributed by atoms with van der Waals surface area (Å²) >= 11 is 8.87. The third kappa shape index (κ3) is 4.50. The molecular formula is C27H20BrN3O4S. The van der Waals surface area contributed by atoms with Crippen molar-refractivity contribution in [3.8, 4) is 23.0 Å². The summed E-state index contributed by atoms with van der Waals surface area (Å²) in [5, 5.41) is 18.1. The van der Waals surface area contributed by atoms with Crippen LogP contribution in [0.15, 0.2) is 75.6 Å². The van der Waals surface area contributed by atoms with E-state index in [1.54, 1.807) is 18.2 Å². The van der Waals surface area contributed by atoms with Gasteiger partial charge in [-0.2, -0.15) is 0 Å². The predicted octanol–water partition coefficient (Wildman–Crippen LogP) is 6.56. The highest BCUT2D eigenvalue weighted by atomic mass is 79.9. The van der Waals surface area contributed by atoms with Crippen LogP contribution >= 0.6 is 28.1 Å². The fourth-order valence-electron chi connectivity index (χ4n) is 3.92. The van der Waals surface area contributed by atoms with Gasteiger partial charge in [-0.05, 0) is 81.7 Å². The normalized spacial score (nSPS) is 11.0. The SMILES string of the molecule is COc1c(C(=O)NC(=S)Nc2ccc(-c3nc4ccc(C)cc4o3)c(O)c2)cc2ccccc2c1Br. The van der Waals surface area contributed by atoms with Gasteiger partial charge < -0.3 is 19.6 Å². The highest BCUT2D eigenvalue weighted by molar-refractivity contribution is 9.10. The van der Waals surface area contributed by atoms with Crippen molar-refractivity contribution >= 4 is 66.7 Å². The molecule has 0 aliphatic rings. The number of oxazole rings is 1. The molecule has 1 heterocycles. The van der Waals surface area contributed by atoms with E-state index in [1.807, 2.05) is 49.4 Å². The van der Waals surface area contributed by atoms with Crippen molar-refractivity contribution in [3.63, 3.8) is 0 Å². The molecule has 5 aromatic rings. The summed E-state index contributed by atoms with van der Waals surface area (Å²) in [6.45, 7) is 1.97. The summed E-state index contributed by atoms with van der Waals surface area (Å²) in [7, 11) is 1.50. The van der Waals surface area contributed by atoms with Crippen LogP contribution in [0.2, 0.25) is 0 Å². The summed E-state index contributed by atoms with van der Waals surface area (Å²) in [5.41, 5.74) is 3.66. The molecule has 1 aromatic heterocycles. The van der Waals surface area contributed by atoms with Crippen LogP contribution in [0.4, 0.5) is 5.69 Å². The number of phenols is 1. The van der Waals surface area contributed by atoms with Gasteiger partial charge in [0.05, 0.1) is 22.7 Å². The topological polar surface area (TPSA) is 96.6 Å². The molecule has 1 amide bonds. The Bertz CT molecular complexity index is 1660. The Morgan fingerprint density at radius 1 is 1.11 bits per heavy atom. The molecule has 0 bridgehead atoms. The van der Waals surface area contributed by atoms with Gasteiger partial charge >= 0.3 is 0 Å². The van der Waals surface area contributed by atoms with Gasteiger partial charge in [0.1, 0.15) is 17.0 Å². The molecule has 0 saturated heterocycles. The van der Waals surface area contributed by atoms with Crippen LogP contribution in [0, 0.1) is 6.92 Å². The largest absolute Gasteiger partial charge is 0.507 e. The van der Waals surface area contributed by atoms with Gasteiger partial charge in [0.2, 0.25) is 5.89 Å². The number of amides is 1. The fraction of sp³-hybridized carbons (Fsp3) is 0.0741. The number of nitrogens with one attached hydrogen (secondary N) is 2. The molecule has 9 heteroatoms. The van der Waals surface area contributed by atoms with E-state index >= 15 is 0 Å². The number of carbonyl (C=O) groups is 1. The second-order valence-corrected chi connectivity index (χ2v) is 9.32. The molecule has 180 valence electrons. The number of methoxy groups -OCH3 is 1. The number of thiocarbonyl (C=S) groups is 1. The molecule has 0 aliphatic carbocycles. The number of aryl methyl sites for hydroxylation is 1. The number of anilines is 1. The minimum Gasteiger partial charge on any atom is -0.507 e. The second-order valence-electron chi connectivity index (χ2n) is 8.12. The van der Waals surface area contributed by atoms with Crippen molar-refractivity contribution in [3.05, 3.63) is 82.3 Å². The molecule has 0 saturated carbocycles. The summed E-state index contributed by atoms with van der Waals surface area (Å²) in [5.74, 6) is 0.241. The maximum absolute atomic E-state index is 13.0. The molecule has 0 aliphatic heterocycles. The lowest BCUT2D eigenvalue weighted by Gasteiger charge is -2.15. The standard InChI is InChI=1S/C27H20BrN3O4S/c1-14-7-10-20-22(11-14)35-26(30-20)18-9-8-16(13-21(18)32)29-27(36)31-25(33)19-12-15-5-3-4-6-17(15)23(28)24(19)34-2/h3-13,32H,1-2H3,(H2,29,31,33,36). The van der Waals surface area contributed by atoms with Crippen molar-refractivity contribution in [2.75, 3.05) is 12.4 Å². The van der Waals surface area contributed by atoms with Crippen LogP contribution in [0.1, 0.15) is 15.9 Å². The van der Waals surface area contributed by atoms with Crippen LogP contribution in [0.5, 0.6) is 11.5 Å². The number of carbonyl (C=O) groups excluding carboxylic acids is 1. The van der Waals surface area contributed by atoms with E-state index in [4.69, 9.17) is 21.4 Å². The molecule has 0 atom stereocenters. The van der Waals surface area contributed by atoms with Crippen LogP contribution < -0.4 is 15.4 Å². The zero-order valence-corrected chi connectivity index (χ0v) is 21.7. The highest BCUT2D eigenvalue weighted by Gasteiger charge is 2.19. The predicted molar refractivity (Wildman–Crippen MR) is 148 cm³/mol. The van der Waals surface area contributed by atoms with Crippen LogP contribution in [0.3, 0.4) is 0 Å². The fourth-order valence-corrected chi connectivity index (χ4v) is 4.87. The molecule has 0 spiro atoms. The number of rotatable bonds is 4. The Labute approximate surface area is 220 Å². The van der Waals surface area contributed by atoms with Gasteiger partial charge in [0.25, 0.3) is 5.91 Å². The zero-order valence-electron chi connectivity index (χ0n) is 19.3. The summed E-state index contributed by atoms with van der Waals surface area (Å²) in [4.78, 5) is 17.5. The van der Waals surface area contributed by atoms with Crippen LogP contribution in [0.25, 0.3) is 33.3 Å². The van der Waals surface area contributed by atoms with Gasteiger partial charge in [0.15, 0.2) is 10.7 Å². The first kappa shape index (κ1) is 23.8. The van der Waals surface area contributed by atoms with Crippen LogP contribution in [-0.4, -0.2) is 28.2 Å². The van der Waals surface area contributed by atoms with Crippen molar-refractivity contribution in [1.82, 2.24) is 10.3 Å². The van der Waals surface area contributed by atoms with E-state index in [-0.39, 0.29) is 10.9 Å². The third-order valence-electron chi connectivity index (χ3n) is 5.65. The second kappa shape index (κ2) is 9.60. The zero-order chi connectivity index (χ0) is 25.4. The van der Waals surface area contributed by atoms with Crippen molar-refractivity contribution in [2.45, 2.75) is 6.92 Å². The Morgan fingerprint density at radius 3 is 2.69 bits per heavy atom. The van der Waals surface area contributed by atoms with E-state index in [0.29, 0.717) is 44.0 Å². The van der Waals surface area contributed by atoms with E-state index in [9.17, 15) is 9.90 Å².